The lowest BCUT2D eigenvalue weighted by molar-refractivity contribution is 0.0382. The highest BCUT2D eigenvalue weighted by molar-refractivity contribution is 6.21. The molecule has 1 saturated carbocycles. The van der Waals surface area contributed by atoms with E-state index in [1.807, 2.05) is 0 Å². The first-order valence-corrected chi connectivity index (χ1v) is 4.73. The van der Waals surface area contributed by atoms with Crippen LogP contribution in [0.1, 0.15) is 19.3 Å². The lowest BCUT2D eigenvalue weighted by atomic mass is 9.93. The Morgan fingerprint density at radius 1 is 1.67 bits per heavy atom. The van der Waals surface area contributed by atoms with Gasteiger partial charge >= 0.3 is 0 Å². The molecule has 0 aromatic rings. The van der Waals surface area contributed by atoms with Crippen LogP contribution in [0.3, 0.4) is 0 Å². The summed E-state index contributed by atoms with van der Waals surface area (Å²) in [6, 6.07) is 0. The molecule has 0 aliphatic heterocycles. The van der Waals surface area contributed by atoms with E-state index in [1.165, 1.54) is 0 Å². The summed E-state index contributed by atoms with van der Waals surface area (Å²) < 4.78 is 5.38. The molecule has 0 spiro atoms. The maximum absolute atomic E-state index is 8.57. The van der Waals surface area contributed by atoms with Crippen molar-refractivity contribution in [2.45, 2.75) is 30.7 Å². The molecule has 1 aliphatic rings. The van der Waals surface area contributed by atoms with Crippen molar-refractivity contribution in [2.75, 3.05) is 13.2 Å². The van der Waals surface area contributed by atoms with Gasteiger partial charge in [0.25, 0.3) is 0 Å². The lowest BCUT2D eigenvalue weighted by Gasteiger charge is -2.29. The number of ether oxygens (including phenoxy) is 1. The second-order valence-electron chi connectivity index (χ2n) is 3.08. The summed E-state index contributed by atoms with van der Waals surface area (Å²) in [7, 11) is 0. The summed E-state index contributed by atoms with van der Waals surface area (Å²) in [6.45, 7) is 4.31. The Hall–Kier alpha value is -0.0500. The van der Waals surface area contributed by atoms with E-state index in [0.717, 1.165) is 24.8 Å². The van der Waals surface area contributed by atoms with Crippen molar-refractivity contribution in [2.24, 2.45) is 0 Å². The fourth-order valence-corrected chi connectivity index (χ4v) is 1.88. The molecule has 12 heavy (non-hydrogen) atoms. The van der Waals surface area contributed by atoms with Gasteiger partial charge in [-0.1, -0.05) is 6.58 Å². The average Bonchev–Trinajstić information content (AvgIpc) is 2.04. The van der Waals surface area contributed by atoms with Crippen LogP contribution in [-0.2, 0) is 4.74 Å². The summed E-state index contributed by atoms with van der Waals surface area (Å²) >= 11 is 6.05. The Kier molecular flexibility index (Phi) is 4.06. The third-order valence-electron chi connectivity index (χ3n) is 2.10. The maximum Gasteiger partial charge on any atom is 0.0947 e. The molecule has 0 heterocycles. The van der Waals surface area contributed by atoms with Gasteiger partial charge in [-0.3, -0.25) is 0 Å². The third kappa shape index (κ3) is 2.47. The molecule has 2 atom stereocenters. The van der Waals surface area contributed by atoms with Crippen molar-refractivity contribution in [1.82, 2.24) is 0 Å². The minimum absolute atomic E-state index is 0.0396. The molecule has 1 fully saturated rings. The van der Waals surface area contributed by atoms with Gasteiger partial charge in [-0.05, 0) is 24.8 Å². The number of halogens is 1. The van der Waals surface area contributed by atoms with Crippen molar-refractivity contribution in [3.63, 3.8) is 0 Å². The molecular formula is C9H15ClO2. The molecular weight excluding hydrogens is 176 g/mol. The zero-order chi connectivity index (χ0) is 8.97. The second-order valence-corrected chi connectivity index (χ2v) is 3.64. The molecule has 1 rings (SSSR count). The standard InChI is InChI=1S/C9H15ClO2/c1-7-3-2-4-8(10)9(7)12-6-5-11/h8-9,11H,1-6H2. The van der Waals surface area contributed by atoms with Gasteiger partial charge in [0.05, 0.1) is 24.7 Å². The predicted molar refractivity (Wildman–Crippen MR) is 49.5 cm³/mol. The van der Waals surface area contributed by atoms with Crippen LogP contribution in [0, 0.1) is 0 Å². The number of alkyl halides is 1. The second kappa shape index (κ2) is 4.85. The highest BCUT2D eigenvalue weighted by Crippen LogP contribution is 2.28. The smallest absolute Gasteiger partial charge is 0.0947 e. The molecule has 3 heteroatoms. The Bertz CT molecular complexity index is 159. The van der Waals surface area contributed by atoms with Crippen molar-refractivity contribution in [1.29, 1.82) is 0 Å². The number of aliphatic hydroxyl groups excluding tert-OH is 1. The lowest BCUT2D eigenvalue weighted by Crippen LogP contribution is -2.31. The zero-order valence-corrected chi connectivity index (χ0v) is 7.89. The van der Waals surface area contributed by atoms with E-state index in [0.29, 0.717) is 6.61 Å². The monoisotopic (exact) mass is 190 g/mol. The molecule has 0 radical (unpaired) electrons. The summed E-state index contributed by atoms with van der Waals surface area (Å²) in [6.07, 6.45) is 3.04. The Morgan fingerprint density at radius 3 is 3.00 bits per heavy atom. The van der Waals surface area contributed by atoms with Gasteiger partial charge in [0.2, 0.25) is 0 Å². The number of hydrogen-bond donors (Lipinski definition) is 1. The van der Waals surface area contributed by atoms with Crippen LogP contribution in [0.5, 0.6) is 0 Å². The van der Waals surface area contributed by atoms with E-state index in [2.05, 4.69) is 6.58 Å². The van der Waals surface area contributed by atoms with E-state index < -0.39 is 0 Å². The fourth-order valence-electron chi connectivity index (χ4n) is 1.48. The first-order chi connectivity index (χ1) is 5.75. The highest BCUT2D eigenvalue weighted by atomic mass is 35.5. The van der Waals surface area contributed by atoms with Gasteiger partial charge in [0.15, 0.2) is 0 Å². The van der Waals surface area contributed by atoms with E-state index in [4.69, 9.17) is 21.4 Å². The SMILES string of the molecule is C=C1CCCC(Cl)C1OCCO. The van der Waals surface area contributed by atoms with Crippen molar-refractivity contribution in [3.8, 4) is 0 Å². The molecule has 2 unspecified atom stereocenters. The van der Waals surface area contributed by atoms with E-state index >= 15 is 0 Å². The quantitative estimate of drug-likeness (QED) is 0.543. The molecule has 70 valence electrons. The molecule has 0 aromatic heterocycles. The maximum atomic E-state index is 8.57. The summed E-state index contributed by atoms with van der Waals surface area (Å²) in [5.41, 5.74) is 1.06. The number of rotatable bonds is 3. The Morgan fingerprint density at radius 2 is 2.42 bits per heavy atom. The van der Waals surface area contributed by atoms with Crippen LogP contribution in [0.4, 0.5) is 0 Å². The normalized spacial score (nSPS) is 30.7. The van der Waals surface area contributed by atoms with Crippen LogP contribution in [0.2, 0.25) is 0 Å². The number of aliphatic hydroxyl groups is 1. The topological polar surface area (TPSA) is 29.5 Å². The van der Waals surface area contributed by atoms with Crippen molar-refractivity contribution < 1.29 is 9.84 Å². The third-order valence-corrected chi connectivity index (χ3v) is 2.54. The predicted octanol–water partition coefficient (Wildman–Crippen LogP) is 1.71. The average molecular weight is 191 g/mol. The van der Waals surface area contributed by atoms with E-state index in [1.54, 1.807) is 0 Å². The van der Waals surface area contributed by atoms with E-state index in [-0.39, 0.29) is 18.1 Å². The Labute approximate surface area is 78.2 Å². The van der Waals surface area contributed by atoms with Crippen LogP contribution >= 0.6 is 11.6 Å². The molecule has 1 aliphatic carbocycles. The molecule has 0 amide bonds. The van der Waals surface area contributed by atoms with Gasteiger partial charge < -0.3 is 9.84 Å². The van der Waals surface area contributed by atoms with Crippen LogP contribution in [0.15, 0.2) is 12.2 Å². The first-order valence-electron chi connectivity index (χ1n) is 4.30. The fraction of sp³-hybridized carbons (Fsp3) is 0.778. The summed E-state index contributed by atoms with van der Waals surface area (Å²) in [4.78, 5) is 0. The van der Waals surface area contributed by atoms with Crippen LogP contribution < -0.4 is 0 Å². The summed E-state index contributed by atoms with van der Waals surface area (Å²) in [5, 5.41) is 8.61. The molecule has 0 aromatic carbocycles. The largest absolute Gasteiger partial charge is 0.394 e. The minimum Gasteiger partial charge on any atom is -0.394 e. The molecule has 0 saturated heterocycles. The number of hydrogen-bond acceptors (Lipinski definition) is 2. The Balaban J connectivity index is 2.40. The molecule has 0 bridgehead atoms. The van der Waals surface area contributed by atoms with Crippen LogP contribution in [0.25, 0.3) is 0 Å². The van der Waals surface area contributed by atoms with Gasteiger partial charge in [0, 0.05) is 0 Å². The van der Waals surface area contributed by atoms with Crippen molar-refractivity contribution in [3.05, 3.63) is 12.2 Å². The van der Waals surface area contributed by atoms with Gasteiger partial charge in [-0.25, -0.2) is 0 Å². The molecule has 2 nitrogen and oxygen atoms in total. The highest BCUT2D eigenvalue weighted by Gasteiger charge is 2.26. The van der Waals surface area contributed by atoms with Gasteiger partial charge in [0.1, 0.15) is 0 Å². The minimum atomic E-state index is -0.0485. The van der Waals surface area contributed by atoms with Gasteiger partial charge in [-0.2, -0.15) is 0 Å². The zero-order valence-electron chi connectivity index (χ0n) is 7.13. The first kappa shape index (κ1) is 10.0. The van der Waals surface area contributed by atoms with Crippen LogP contribution in [-0.4, -0.2) is 29.8 Å². The van der Waals surface area contributed by atoms with E-state index in [9.17, 15) is 0 Å². The van der Waals surface area contributed by atoms with Crippen molar-refractivity contribution >= 4 is 11.6 Å². The summed E-state index contributed by atoms with van der Waals surface area (Å²) in [5.74, 6) is 0. The van der Waals surface area contributed by atoms with Gasteiger partial charge in [-0.15, -0.1) is 11.6 Å². The molecule has 1 N–H and O–H groups in total.